The summed E-state index contributed by atoms with van der Waals surface area (Å²) in [5.74, 6) is 0.480. The summed E-state index contributed by atoms with van der Waals surface area (Å²) in [5.41, 5.74) is 6.65. The minimum Gasteiger partial charge on any atom is -0.324 e. The lowest BCUT2D eigenvalue weighted by Gasteiger charge is -2.10. The molecule has 1 aromatic rings. The maximum absolute atomic E-state index is 12.0. The summed E-state index contributed by atoms with van der Waals surface area (Å²) >= 11 is 0. The van der Waals surface area contributed by atoms with Crippen LogP contribution in [-0.4, -0.2) is 15.0 Å². The molecule has 0 saturated carbocycles. The molecule has 0 saturated heterocycles. The predicted molar refractivity (Wildman–Crippen MR) is 73.7 cm³/mol. The third-order valence-electron chi connectivity index (χ3n) is 2.73. The van der Waals surface area contributed by atoms with Gasteiger partial charge in [0.25, 0.3) is 0 Å². The highest BCUT2D eigenvalue weighted by molar-refractivity contribution is 7.89. The largest absolute Gasteiger partial charge is 0.324 e. The van der Waals surface area contributed by atoms with Crippen molar-refractivity contribution in [3.8, 4) is 0 Å². The van der Waals surface area contributed by atoms with Crippen LogP contribution in [0.3, 0.4) is 0 Å². The second-order valence-corrected chi connectivity index (χ2v) is 6.70. The summed E-state index contributed by atoms with van der Waals surface area (Å²) in [6, 6.07) is 6.60. The van der Waals surface area contributed by atoms with Gasteiger partial charge in [-0.25, -0.2) is 13.1 Å². The molecular weight excluding hydrogens is 248 g/mol. The Morgan fingerprint density at radius 1 is 1.17 bits per heavy atom. The van der Waals surface area contributed by atoms with Crippen molar-refractivity contribution in [3.63, 3.8) is 0 Å². The molecule has 0 aliphatic heterocycles. The highest BCUT2D eigenvalue weighted by atomic mass is 32.2. The zero-order chi connectivity index (χ0) is 13.8. The minimum absolute atomic E-state index is 0.0874. The molecule has 1 atom stereocenters. The summed E-state index contributed by atoms with van der Waals surface area (Å²) in [6.45, 7) is 6.46. The molecule has 0 radical (unpaired) electrons. The predicted octanol–water partition coefficient (Wildman–Crippen LogP) is 2.03. The van der Waals surface area contributed by atoms with Crippen LogP contribution in [0.15, 0.2) is 29.2 Å². The summed E-state index contributed by atoms with van der Waals surface area (Å²) in [6.07, 6.45) is 0.831. The van der Waals surface area contributed by atoms with Crippen molar-refractivity contribution in [2.75, 3.05) is 6.54 Å². The Bertz CT molecular complexity index is 464. The van der Waals surface area contributed by atoms with Crippen molar-refractivity contribution in [1.29, 1.82) is 0 Å². The van der Waals surface area contributed by atoms with Crippen LogP contribution in [0.1, 0.15) is 38.8 Å². The van der Waals surface area contributed by atoms with Crippen LogP contribution in [0, 0.1) is 5.92 Å². The van der Waals surface area contributed by atoms with Crippen molar-refractivity contribution in [3.05, 3.63) is 29.8 Å². The number of benzene rings is 1. The van der Waals surface area contributed by atoms with Gasteiger partial charge in [0.15, 0.2) is 0 Å². The fourth-order valence-electron chi connectivity index (χ4n) is 1.52. The summed E-state index contributed by atoms with van der Waals surface area (Å²) in [5, 5.41) is 0. The van der Waals surface area contributed by atoms with Gasteiger partial charge in [-0.1, -0.05) is 26.0 Å². The van der Waals surface area contributed by atoms with Gasteiger partial charge < -0.3 is 5.73 Å². The molecule has 1 unspecified atom stereocenters. The summed E-state index contributed by atoms with van der Waals surface area (Å²) < 4.78 is 26.5. The molecule has 1 rings (SSSR count). The van der Waals surface area contributed by atoms with Gasteiger partial charge in [0, 0.05) is 12.6 Å². The molecule has 0 spiro atoms. The van der Waals surface area contributed by atoms with E-state index in [0.717, 1.165) is 12.0 Å². The molecule has 4 nitrogen and oxygen atoms in total. The van der Waals surface area contributed by atoms with Gasteiger partial charge in [-0.05, 0) is 37.0 Å². The molecule has 3 N–H and O–H groups in total. The summed E-state index contributed by atoms with van der Waals surface area (Å²) in [7, 11) is -3.39. The SMILES string of the molecule is CC(C)CCNS(=O)(=O)c1ccc(C(C)N)cc1. The first kappa shape index (κ1) is 15.1. The molecule has 0 aromatic heterocycles. The number of sulfonamides is 1. The Labute approximate surface area is 110 Å². The molecule has 18 heavy (non-hydrogen) atoms. The van der Waals surface area contributed by atoms with Crippen LogP contribution >= 0.6 is 0 Å². The molecule has 0 amide bonds. The zero-order valence-corrected chi connectivity index (χ0v) is 12.0. The van der Waals surface area contributed by atoms with Crippen molar-refractivity contribution in [2.45, 2.75) is 38.1 Å². The molecule has 102 valence electrons. The van der Waals surface area contributed by atoms with E-state index in [4.69, 9.17) is 5.73 Å². The van der Waals surface area contributed by atoms with Crippen LogP contribution in [0.25, 0.3) is 0 Å². The number of nitrogens with one attached hydrogen (secondary N) is 1. The maximum atomic E-state index is 12.0. The highest BCUT2D eigenvalue weighted by Crippen LogP contribution is 2.14. The lowest BCUT2D eigenvalue weighted by Crippen LogP contribution is -2.25. The highest BCUT2D eigenvalue weighted by Gasteiger charge is 2.13. The Morgan fingerprint density at radius 2 is 1.72 bits per heavy atom. The average molecular weight is 270 g/mol. The van der Waals surface area contributed by atoms with E-state index in [2.05, 4.69) is 18.6 Å². The second-order valence-electron chi connectivity index (χ2n) is 4.94. The lowest BCUT2D eigenvalue weighted by molar-refractivity contribution is 0.551. The lowest BCUT2D eigenvalue weighted by atomic mass is 10.1. The van der Waals surface area contributed by atoms with Crippen LogP contribution in [-0.2, 0) is 10.0 Å². The monoisotopic (exact) mass is 270 g/mol. The minimum atomic E-state index is -3.39. The first-order valence-electron chi connectivity index (χ1n) is 6.18. The Kier molecular flexibility index (Phi) is 5.31. The van der Waals surface area contributed by atoms with E-state index in [1.165, 1.54) is 0 Å². The Hall–Kier alpha value is -0.910. The Morgan fingerprint density at radius 3 is 2.17 bits per heavy atom. The first-order chi connectivity index (χ1) is 8.33. The van der Waals surface area contributed by atoms with E-state index in [1.807, 2.05) is 6.92 Å². The molecule has 0 heterocycles. The van der Waals surface area contributed by atoms with Gasteiger partial charge >= 0.3 is 0 Å². The van der Waals surface area contributed by atoms with Crippen molar-refractivity contribution >= 4 is 10.0 Å². The van der Waals surface area contributed by atoms with Crippen LogP contribution in [0.2, 0.25) is 0 Å². The van der Waals surface area contributed by atoms with Gasteiger partial charge in [-0.15, -0.1) is 0 Å². The number of hydrogen-bond donors (Lipinski definition) is 2. The number of hydrogen-bond acceptors (Lipinski definition) is 3. The van der Waals surface area contributed by atoms with E-state index in [0.29, 0.717) is 12.5 Å². The van der Waals surface area contributed by atoms with Crippen molar-refractivity contribution in [2.24, 2.45) is 11.7 Å². The fourth-order valence-corrected chi connectivity index (χ4v) is 2.56. The van der Waals surface area contributed by atoms with Gasteiger partial charge in [-0.3, -0.25) is 0 Å². The molecule has 0 bridgehead atoms. The number of nitrogens with two attached hydrogens (primary N) is 1. The third-order valence-corrected chi connectivity index (χ3v) is 4.21. The van der Waals surface area contributed by atoms with E-state index < -0.39 is 10.0 Å². The van der Waals surface area contributed by atoms with Crippen LogP contribution in [0.4, 0.5) is 0 Å². The maximum Gasteiger partial charge on any atom is 0.240 e. The van der Waals surface area contributed by atoms with Crippen LogP contribution in [0.5, 0.6) is 0 Å². The molecule has 0 fully saturated rings. The summed E-state index contributed by atoms with van der Waals surface area (Å²) in [4.78, 5) is 0.288. The van der Waals surface area contributed by atoms with Crippen molar-refractivity contribution in [1.82, 2.24) is 4.72 Å². The molecule has 1 aromatic carbocycles. The van der Waals surface area contributed by atoms with E-state index in [1.54, 1.807) is 24.3 Å². The van der Waals surface area contributed by atoms with Gasteiger partial charge in [0.05, 0.1) is 4.90 Å². The second kappa shape index (κ2) is 6.31. The Balaban J connectivity index is 2.73. The third kappa shape index (κ3) is 4.40. The fraction of sp³-hybridized carbons (Fsp3) is 0.538. The van der Waals surface area contributed by atoms with E-state index >= 15 is 0 Å². The van der Waals surface area contributed by atoms with E-state index in [9.17, 15) is 8.42 Å². The quantitative estimate of drug-likeness (QED) is 0.830. The first-order valence-corrected chi connectivity index (χ1v) is 7.66. The molecule has 5 heteroatoms. The van der Waals surface area contributed by atoms with Crippen LogP contribution < -0.4 is 10.5 Å². The average Bonchev–Trinajstić information content (AvgIpc) is 2.28. The van der Waals surface area contributed by atoms with Gasteiger partial charge in [0.1, 0.15) is 0 Å². The molecule has 0 aliphatic carbocycles. The smallest absolute Gasteiger partial charge is 0.240 e. The number of rotatable bonds is 6. The van der Waals surface area contributed by atoms with Crippen molar-refractivity contribution < 1.29 is 8.42 Å². The normalized spacial score (nSPS) is 13.8. The molecule has 0 aliphatic rings. The molecular formula is C13H22N2O2S. The topological polar surface area (TPSA) is 72.2 Å². The van der Waals surface area contributed by atoms with Gasteiger partial charge in [0.2, 0.25) is 10.0 Å². The van der Waals surface area contributed by atoms with Gasteiger partial charge in [-0.2, -0.15) is 0 Å². The standard InChI is InChI=1S/C13H22N2O2S/c1-10(2)8-9-15-18(16,17)13-6-4-12(5-7-13)11(3)14/h4-7,10-11,15H,8-9,14H2,1-3H3. The van der Waals surface area contributed by atoms with E-state index in [-0.39, 0.29) is 10.9 Å². The zero-order valence-electron chi connectivity index (χ0n) is 11.2.